The molecular weight excluding hydrogens is 284 g/mol. The minimum atomic E-state index is -0.844. The van der Waals surface area contributed by atoms with Crippen molar-refractivity contribution in [2.45, 2.75) is 38.3 Å². The van der Waals surface area contributed by atoms with E-state index in [1.165, 1.54) is 16.1 Å². The summed E-state index contributed by atoms with van der Waals surface area (Å²) in [6.45, 7) is 1.30. The van der Waals surface area contributed by atoms with E-state index in [2.05, 4.69) is 0 Å². The molecular formula is C12H16N2O5S. The van der Waals surface area contributed by atoms with E-state index in [1.54, 1.807) is 6.92 Å². The van der Waals surface area contributed by atoms with Crippen molar-refractivity contribution in [2.75, 3.05) is 6.61 Å². The van der Waals surface area contributed by atoms with Crippen LogP contribution in [-0.4, -0.2) is 43.5 Å². The molecule has 20 heavy (non-hydrogen) atoms. The normalized spacial score (nSPS) is 25.9. The fourth-order valence-electron chi connectivity index (χ4n) is 2.25. The highest BCUT2D eigenvalue weighted by Gasteiger charge is 2.35. The Morgan fingerprint density at radius 1 is 1.55 bits per heavy atom. The topological polar surface area (TPSA) is 93.7 Å². The van der Waals surface area contributed by atoms with Crippen LogP contribution in [-0.2, 0) is 11.3 Å². The van der Waals surface area contributed by atoms with Crippen molar-refractivity contribution >= 4 is 17.6 Å². The van der Waals surface area contributed by atoms with Gasteiger partial charge in [0.15, 0.2) is 0 Å². The van der Waals surface area contributed by atoms with E-state index in [1.807, 2.05) is 0 Å². The molecule has 0 amide bonds. The number of hydrogen-bond acceptors (Lipinski definition) is 6. The average Bonchev–Trinajstić information content (AvgIpc) is 2.80. The number of aliphatic hydroxyl groups excluding tert-OH is 2. The van der Waals surface area contributed by atoms with Gasteiger partial charge in [-0.3, -0.25) is 13.9 Å². The van der Waals surface area contributed by atoms with Crippen LogP contribution < -0.4 is 11.2 Å². The van der Waals surface area contributed by atoms with Gasteiger partial charge in [-0.15, -0.1) is 0 Å². The van der Waals surface area contributed by atoms with Crippen molar-refractivity contribution < 1.29 is 14.9 Å². The van der Waals surface area contributed by atoms with E-state index in [-0.39, 0.29) is 19.6 Å². The van der Waals surface area contributed by atoms with Crippen LogP contribution in [0.3, 0.4) is 0 Å². The summed E-state index contributed by atoms with van der Waals surface area (Å²) in [7, 11) is 0. The maximum atomic E-state index is 12.3. The van der Waals surface area contributed by atoms with Crippen LogP contribution in [0.25, 0.3) is 0 Å². The van der Waals surface area contributed by atoms with Crippen LogP contribution in [0.2, 0.25) is 0 Å². The zero-order valence-corrected chi connectivity index (χ0v) is 11.7. The molecule has 0 unspecified atom stereocenters. The first-order chi connectivity index (χ1) is 9.49. The van der Waals surface area contributed by atoms with Crippen molar-refractivity contribution in [2.24, 2.45) is 0 Å². The van der Waals surface area contributed by atoms with Crippen molar-refractivity contribution in [3.63, 3.8) is 0 Å². The Labute approximate surface area is 120 Å². The standard InChI is InChI=1S/C12H16N2O5S/c1-7-5-14(10-4-8(16)9(6-15)19-10)12(18)13(2-3-20)11(7)17/h3,5,8-10,15-16H,2,4,6H2,1H3/t8-,9+,10+/m0/s1. The van der Waals surface area contributed by atoms with Crippen LogP contribution in [0.5, 0.6) is 0 Å². The summed E-state index contributed by atoms with van der Waals surface area (Å²) in [6.07, 6.45) is -0.686. The lowest BCUT2D eigenvalue weighted by Crippen LogP contribution is -2.42. The number of aliphatic hydroxyl groups is 2. The maximum Gasteiger partial charge on any atom is 0.333 e. The van der Waals surface area contributed by atoms with Crippen molar-refractivity contribution in [3.8, 4) is 0 Å². The third-order valence-electron chi connectivity index (χ3n) is 3.32. The molecule has 1 aromatic rings. The molecule has 110 valence electrons. The van der Waals surface area contributed by atoms with Crippen LogP contribution >= 0.6 is 12.2 Å². The Morgan fingerprint density at radius 3 is 2.80 bits per heavy atom. The van der Waals surface area contributed by atoms with Gasteiger partial charge < -0.3 is 14.9 Å². The van der Waals surface area contributed by atoms with Gasteiger partial charge in [0.1, 0.15) is 12.3 Å². The first-order valence-corrected chi connectivity index (χ1v) is 6.67. The van der Waals surface area contributed by atoms with E-state index in [9.17, 15) is 14.7 Å². The molecule has 0 radical (unpaired) electrons. The first-order valence-electron chi connectivity index (χ1n) is 6.20. The van der Waals surface area contributed by atoms with Crippen LogP contribution in [0.15, 0.2) is 15.8 Å². The summed E-state index contributed by atoms with van der Waals surface area (Å²) in [5, 5.41) is 20.1. The molecule has 0 aromatic carbocycles. The third-order valence-corrected chi connectivity index (χ3v) is 3.47. The van der Waals surface area contributed by atoms with E-state index >= 15 is 0 Å². The second-order valence-corrected chi connectivity index (χ2v) is 5.03. The summed E-state index contributed by atoms with van der Waals surface area (Å²) >= 11 is 4.69. The van der Waals surface area contributed by atoms with E-state index < -0.39 is 29.7 Å². The SMILES string of the molecule is Cc1cn([C@H]2C[C@H](O)[C@@H](CO)O2)c(=O)n(CC=S)c1=O. The Kier molecular flexibility index (Phi) is 4.48. The van der Waals surface area contributed by atoms with Gasteiger partial charge in [-0.05, 0) is 12.3 Å². The summed E-state index contributed by atoms with van der Waals surface area (Å²) in [4.78, 5) is 24.1. The smallest absolute Gasteiger partial charge is 0.333 e. The summed E-state index contributed by atoms with van der Waals surface area (Å²) in [6, 6.07) is 0. The van der Waals surface area contributed by atoms with Gasteiger partial charge in [0.2, 0.25) is 0 Å². The van der Waals surface area contributed by atoms with Gasteiger partial charge >= 0.3 is 5.69 Å². The molecule has 0 spiro atoms. The highest BCUT2D eigenvalue weighted by molar-refractivity contribution is 7.78. The highest BCUT2D eigenvalue weighted by atomic mass is 32.1. The number of hydrogen-bond donors (Lipinski definition) is 2. The van der Waals surface area contributed by atoms with Gasteiger partial charge in [0.25, 0.3) is 5.56 Å². The lowest BCUT2D eigenvalue weighted by molar-refractivity contribution is -0.0463. The fraction of sp³-hybridized carbons (Fsp3) is 0.583. The van der Waals surface area contributed by atoms with Gasteiger partial charge in [0, 0.05) is 18.2 Å². The molecule has 0 aliphatic carbocycles. The Balaban J connectivity index is 2.46. The molecule has 0 bridgehead atoms. The van der Waals surface area contributed by atoms with Crippen molar-refractivity contribution in [1.29, 1.82) is 0 Å². The summed E-state index contributed by atoms with van der Waals surface area (Å²) < 4.78 is 7.71. The quantitative estimate of drug-likeness (QED) is 0.690. The minimum absolute atomic E-state index is 0.0351. The molecule has 1 fully saturated rings. The number of aromatic nitrogens is 2. The Hall–Kier alpha value is -1.35. The lowest BCUT2D eigenvalue weighted by Gasteiger charge is -2.16. The van der Waals surface area contributed by atoms with Gasteiger partial charge in [-0.25, -0.2) is 4.79 Å². The predicted octanol–water partition coefficient (Wildman–Crippen LogP) is -1.04. The van der Waals surface area contributed by atoms with Crippen LogP contribution in [0, 0.1) is 6.92 Å². The van der Waals surface area contributed by atoms with E-state index in [4.69, 9.17) is 22.1 Å². The molecule has 1 aromatic heterocycles. The van der Waals surface area contributed by atoms with Crippen molar-refractivity contribution in [1.82, 2.24) is 9.13 Å². The number of ether oxygens (including phenoxy) is 1. The molecule has 2 heterocycles. The van der Waals surface area contributed by atoms with Crippen LogP contribution in [0.1, 0.15) is 18.2 Å². The predicted molar refractivity (Wildman–Crippen MR) is 75.0 cm³/mol. The Bertz CT molecular complexity index is 623. The molecule has 8 heteroatoms. The first kappa shape index (κ1) is 15.0. The third kappa shape index (κ3) is 2.59. The number of thiocarbonyl (C=S) groups is 1. The maximum absolute atomic E-state index is 12.3. The zero-order valence-electron chi connectivity index (χ0n) is 10.9. The molecule has 1 saturated heterocycles. The molecule has 2 rings (SSSR count). The monoisotopic (exact) mass is 300 g/mol. The summed E-state index contributed by atoms with van der Waals surface area (Å²) in [5.74, 6) is 0. The van der Waals surface area contributed by atoms with E-state index in [0.29, 0.717) is 5.56 Å². The lowest BCUT2D eigenvalue weighted by atomic mass is 10.2. The number of aryl methyl sites for hydroxylation is 1. The molecule has 0 saturated carbocycles. The molecule has 1 aliphatic heterocycles. The largest absolute Gasteiger partial charge is 0.394 e. The van der Waals surface area contributed by atoms with Gasteiger partial charge in [-0.2, -0.15) is 0 Å². The van der Waals surface area contributed by atoms with Crippen molar-refractivity contribution in [3.05, 3.63) is 32.6 Å². The fourth-order valence-corrected chi connectivity index (χ4v) is 2.40. The zero-order chi connectivity index (χ0) is 14.9. The second-order valence-electron chi connectivity index (χ2n) is 4.70. The summed E-state index contributed by atoms with van der Waals surface area (Å²) in [5.41, 5.74) is -0.561. The van der Waals surface area contributed by atoms with E-state index in [0.717, 1.165) is 4.57 Å². The van der Waals surface area contributed by atoms with Gasteiger partial charge in [-0.1, -0.05) is 12.2 Å². The molecule has 2 N–H and O–H groups in total. The molecule has 1 aliphatic rings. The average molecular weight is 300 g/mol. The number of rotatable bonds is 4. The van der Waals surface area contributed by atoms with Gasteiger partial charge in [0.05, 0.1) is 19.3 Å². The number of nitrogens with zero attached hydrogens (tertiary/aromatic N) is 2. The minimum Gasteiger partial charge on any atom is -0.394 e. The van der Waals surface area contributed by atoms with Crippen LogP contribution in [0.4, 0.5) is 0 Å². The highest BCUT2D eigenvalue weighted by Crippen LogP contribution is 2.27. The molecule has 7 nitrogen and oxygen atoms in total. The second kappa shape index (κ2) is 5.96. The Morgan fingerprint density at radius 2 is 2.25 bits per heavy atom. The molecule has 3 atom stereocenters.